The van der Waals surface area contributed by atoms with E-state index in [1.165, 1.54) is 77.0 Å². The van der Waals surface area contributed by atoms with Crippen molar-refractivity contribution in [3.05, 3.63) is 0 Å². The predicted molar refractivity (Wildman–Crippen MR) is 109 cm³/mol. The van der Waals surface area contributed by atoms with Crippen molar-refractivity contribution in [1.82, 2.24) is 0 Å². The van der Waals surface area contributed by atoms with E-state index < -0.39 is 5.97 Å². The molecule has 0 rings (SSSR count). The lowest BCUT2D eigenvalue weighted by Crippen LogP contribution is -2.16. The van der Waals surface area contributed by atoms with Gasteiger partial charge in [-0.1, -0.05) is 96.8 Å². The number of unbranched alkanes of at least 4 members (excludes halogenated alkanes) is 13. The molecule has 0 aromatic heterocycles. The van der Waals surface area contributed by atoms with Crippen LogP contribution in [0.1, 0.15) is 110 Å². The smallest absolute Gasteiger partial charge is 0.306 e. The third-order valence-electron chi connectivity index (χ3n) is 5.10. The van der Waals surface area contributed by atoms with Crippen LogP contribution in [-0.4, -0.2) is 36.0 Å². The molecule has 2 N–H and O–H groups in total. The highest BCUT2D eigenvalue weighted by molar-refractivity contribution is 5.69. The van der Waals surface area contributed by atoms with Gasteiger partial charge in [0.2, 0.25) is 0 Å². The zero-order valence-electron chi connectivity index (χ0n) is 17.2. The first-order valence-electron chi connectivity index (χ1n) is 11.1. The number of hydrogen-bond acceptors (Lipinski definition) is 3. The molecule has 0 fully saturated rings. The minimum Gasteiger partial charge on any atom is -0.481 e. The molecule has 0 radical (unpaired) electrons. The minimum absolute atomic E-state index is 0.00328. The number of rotatable bonds is 21. The predicted octanol–water partition coefficient (Wildman–Crippen LogP) is 5.96. The lowest BCUT2D eigenvalue weighted by molar-refractivity contribution is -0.142. The van der Waals surface area contributed by atoms with Crippen molar-refractivity contribution in [2.75, 3.05) is 19.8 Å². The maximum Gasteiger partial charge on any atom is 0.306 e. The number of carbonyl (C=O) groups is 1. The molecule has 1 atom stereocenters. The zero-order chi connectivity index (χ0) is 19.3. The van der Waals surface area contributed by atoms with E-state index >= 15 is 0 Å². The Morgan fingerprint density at radius 2 is 1.19 bits per heavy atom. The fraction of sp³-hybridized carbons (Fsp3) is 0.955. The van der Waals surface area contributed by atoms with E-state index in [4.69, 9.17) is 9.84 Å². The highest BCUT2D eigenvalue weighted by Gasteiger charge is 2.16. The molecule has 0 aromatic rings. The molecule has 1 unspecified atom stereocenters. The fourth-order valence-corrected chi connectivity index (χ4v) is 3.37. The van der Waals surface area contributed by atoms with Gasteiger partial charge in [0, 0.05) is 6.61 Å². The van der Waals surface area contributed by atoms with Crippen molar-refractivity contribution < 1.29 is 19.7 Å². The molecular formula is C22H44O4. The maximum absolute atomic E-state index is 11.2. The summed E-state index contributed by atoms with van der Waals surface area (Å²) in [6, 6.07) is 0. The number of aliphatic hydroxyl groups excluding tert-OH is 1. The summed E-state index contributed by atoms with van der Waals surface area (Å²) in [5.74, 6) is -1.02. The average Bonchev–Trinajstić information content (AvgIpc) is 2.63. The molecular weight excluding hydrogens is 328 g/mol. The van der Waals surface area contributed by atoms with E-state index in [1.807, 2.05) is 0 Å². The molecule has 0 aromatic carbocycles. The second kappa shape index (κ2) is 20.7. The first-order valence-corrected chi connectivity index (χ1v) is 11.1. The van der Waals surface area contributed by atoms with E-state index in [-0.39, 0.29) is 12.5 Å². The van der Waals surface area contributed by atoms with Crippen LogP contribution in [0.15, 0.2) is 0 Å². The summed E-state index contributed by atoms with van der Waals surface area (Å²) in [5, 5.41) is 17.9. The van der Waals surface area contributed by atoms with Gasteiger partial charge in [-0.25, -0.2) is 0 Å². The van der Waals surface area contributed by atoms with E-state index in [0.717, 1.165) is 19.3 Å². The van der Waals surface area contributed by atoms with Crippen LogP contribution in [0, 0.1) is 5.92 Å². The van der Waals surface area contributed by atoms with Crippen LogP contribution in [-0.2, 0) is 9.53 Å². The summed E-state index contributed by atoms with van der Waals surface area (Å²) < 4.78 is 5.17. The first kappa shape index (κ1) is 25.4. The van der Waals surface area contributed by atoms with Gasteiger partial charge in [0.1, 0.15) is 0 Å². The molecule has 0 bridgehead atoms. The number of aliphatic carboxylic acids is 1. The van der Waals surface area contributed by atoms with Gasteiger partial charge in [0.25, 0.3) is 0 Å². The summed E-state index contributed by atoms with van der Waals surface area (Å²) in [6.45, 7) is 2.98. The highest BCUT2D eigenvalue weighted by Crippen LogP contribution is 2.17. The lowest BCUT2D eigenvalue weighted by atomic mass is 9.97. The van der Waals surface area contributed by atoms with Crippen LogP contribution in [0.5, 0.6) is 0 Å². The molecule has 0 amide bonds. The number of carboxylic acid groups (broad SMARTS) is 1. The normalized spacial score (nSPS) is 12.4. The third-order valence-corrected chi connectivity index (χ3v) is 5.10. The maximum atomic E-state index is 11.2. The summed E-state index contributed by atoms with van der Waals surface area (Å²) in [5.41, 5.74) is 0. The van der Waals surface area contributed by atoms with E-state index in [0.29, 0.717) is 19.6 Å². The molecule has 0 aliphatic heterocycles. The van der Waals surface area contributed by atoms with Crippen molar-refractivity contribution >= 4 is 5.97 Å². The Balaban J connectivity index is 3.33. The molecule has 4 heteroatoms. The molecule has 0 spiro atoms. The topological polar surface area (TPSA) is 66.8 Å². The van der Waals surface area contributed by atoms with Gasteiger partial charge in [-0.05, 0) is 12.8 Å². The Morgan fingerprint density at radius 3 is 1.62 bits per heavy atom. The van der Waals surface area contributed by atoms with Gasteiger partial charge < -0.3 is 14.9 Å². The molecule has 0 aliphatic rings. The molecule has 0 saturated carbocycles. The van der Waals surface area contributed by atoms with Crippen molar-refractivity contribution in [2.24, 2.45) is 5.92 Å². The van der Waals surface area contributed by atoms with Crippen LogP contribution >= 0.6 is 0 Å². The SMILES string of the molecule is CCCCCCCCCCCCCCCCC(CCOCCO)C(=O)O. The molecule has 26 heavy (non-hydrogen) atoms. The zero-order valence-corrected chi connectivity index (χ0v) is 17.2. The van der Waals surface area contributed by atoms with Gasteiger partial charge in [-0.3, -0.25) is 4.79 Å². The van der Waals surface area contributed by atoms with Crippen LogP contribution in [0.4, 0.5) is 0 Å². The van der Waals surface area contributed by atoms with Crippen molar-refractivity contribution in [1.29, 1.82) is 0 Å². The number of carboxylic acids is 1. The number of aliphatic hydroxyl groups is 1. The quantitative estimate of drug-likeness (QED) is 0.244. The average molecular weight is 373 g/mol. The van der Waals surface area contributed by atoms with E-state index in [9.17, 15) is 9.90 Å². The second-order valence-electron chi connectivity index (χ2n) is 7.54. The van der Waals surface area contributed by atoms with E-state index in [1.54, 1.807) is 0 Å². The molecule has 0 saturated heterocycles. The number of hydrogen-bond donors (Lipinski definition) is 2. The largest absolute Gasteiger partial charge is 0.481 e. The Morgan fingerprint density at radius 1 is 0.731 bits per heavy atom. The Kier molecular flexibility index (Phi) is 20.2. The standard InChI is InChI=1S/C22H44O4/c1-2-3-4-5-6-7-8-9-10-11-12-13-14-15-16-21(22(24)25)17-19-26-20-18-23/h21,23H,2-20H2,1H3,(H,24,25). The van der Waals surface area contributed by atoms with Crippen molar-refractivity contribution in [2.45, 2.75) is 110 Å². The van der Waals surface area contributed by atoms with Crippen molar-refractivity contribution in [3.8, 4) is 0 Å². The van der Waals surface area contributed by atoms with Gasteiger partial charge in [-0.2, -0.15) is 0 Å². The monoisotopic (exact) mass is 372 g/mol. The van der Waals surface area contributed by atoms with Crippen molar-refractivity contribution in [3.63, 3.8) is 0 Å². The van der Waals surface area contributed by atoms with Crippen LogP contribution < -0.4 is 0 Å². The molecule has 4 nitrogen and oxygen atoms in total. The fourth-order valence-electron chi connectivity index (χ4n) is 3.37. The number of ether oxygens (including phenoxy) is 1. The van der Waals surface area contributed by atoms with Gasteiger partial charge in [0.05, 0.1) is 19.1 Å². The third kappa shape index (κ3) is 18.2. The summed E-state index contributed by atoms with van der Waals surface area (Å²) >= 11 is 0. The first-order chi connectivity index (χ1) is 12.7. The molecule has 0 aliphatic carbocycles. The lowest BCUT2D eigenvalue weighted by Gasteiger charge is -2.12. The summed E-state index contributed by atoms with van der Waals surface area (Å²) in [6.07, 6.45) is 19.8. The summed E-state index contributed by atoms with van der Waals surface area (Å²) in [4.78, 5) is 11.2. The molecule has 156 valence electrons. The van der Waals surface area contributed by atoms with Gasteiger partial charge in [0.15, 0.2) is 0 Å². The van der Waals surface area contributed by atoms with Gasteiger partial charge >= 0.3 is 5.97 Å². The van der Waals surface area contributed by atoms with Crippen LogP contribution in [0.3, 0.4) is 0 Å². The Bertz CT molecular complexity index is 294. The Labute approximate surface area is 161 Å². The summed E-state index contributed by atoms with van der Waals surface area (Å²) in [7, 11) is 0. The second-order valence-corrected chi connectivity index (χ2v) is 7.54. The minimum atomic E-state index is -0.715. The van der Waals surface area contributed by atoms with Crippen LogP contribution in [0.2, 0.25) is 0 Å². The van der Waals surface area contributed by atoms with Gasteiger partial charge in [-0.15, -0.1) is 0 Å². The van der Waals surface area contributed by atoms with E-state index in [2.05, 4.69) is 6.92 Å². The Hall–Kier alpha value is -0.610. The highest BCUT2D eigenvalue weighted by atomic mass is 16.5. The van der Waals surface area contributed by atoms with Crippen LogP contribution in [0.25, 0.3) is 0 Å². The molecule has 0 heterocycles.